The fraction of sp³-hybridized carbons (Fsp3) is 0.222. The molecule has 106 valence electrons. The summed E-state index contributed by atoms with van der Waals surface area (Å²) in [5, 5.41) is 2.07. The van der Waals surface area contributed by atoms with Gasteiger partial charge in [-0.15, -0.1) is 0 Å². The maximum atomic E-state index is 8.24. The summed E-state index contributed by atoms with van der Waals surface area (Å²) in [6, 6.07) is 12.1. The van der Waals surface area contributed by atoms with Crippen molar-refractivity contribution in [1.29, 1.82) is 0 Å². The Labute approximate surface area is 129 Å². The standard InChI is InChI=1S/C18H18N2O/c1-13(2)19-10-11-20(12-19)16-8-5-7-15-14-6-3-4-9-17(14)21-18(15)16/h3-11,13H,12H2,1-2H3/i1D3,13D. The number of anilines is 1. The molecule has 0 bridgehead atoms. The van der Waals surface area contributed by atoms with E-state index in [0.29, 0.717) is 0 Å². The van der Waals surface area contributed by atoms with Gasteiger partial charge in [0.1, 0.15) is 5.58 Å². The number of benzene rings is 2. The van der Waals surface area contributed by atoms with Crippen molar-refractivity contribution in [3.8, 4) is 0 Å². The van der Waals surface area contributed by atoms with E-state index in [1.54, 1.807) is 12.4 Å². The molecule has 3 heteroatoms. The van der Waals surface area contributed by atoms with E-state index in [2.05, 4.69) is 0 Å². The zero-order chi connectivity index (χ0) is 17.8. The summed E-state index contributed by atoms with van der Waals surface area (Å²) in [5.41, 5.74) is 2.43. The van der Waals surface area contributed by atoms with E-state index in [-0.39, 0.29) is 6.67 Å². The van der Waals surface area contributed by atoms with Crippen molar-refractivity contribution in [2.75, 3.05) is 11.6 Å². The van der Waals surface area contributed by atoms with Gasteiger partial charge >= 0.3 is 0 Å². The van der Waals surface area contributed by atoms with Gasteiger partial charge in [-0.25, -0.2) is 0 Å². The quantitative estimate of drug-likeness (QED) is 0.687. The first-order valence-electron chi connectivity index (χ1n) is 8.91. The second kappa shape index (κ2) is 4.55. The summed E-state index contributed by atoms with van der Waals surface area (Å²) in [6.45, 7) is -0.705. The Morgan fingerprint density at radius 1 is 1.14 bits per heavy atom. The second-order valence-corrected chi connectivity index (χ2v) is 5.22. The van der Waals surface area contributed by atoms with Crippen LogP contribution in [0.5, 0.6) is 0 Å². The van der Waals surface area contributed by atoms with Crippen LogP contribution in [0.25, 0.3) is 21.9 Å². The van der Waals surface area contributed by atoms with E-state index in [4.69, 9.17) is 9.90 Å². The molecular formula is C18H18N2O. The minimum atomic E-state index is -2.40. The van der Waals surface area contributed by atoms with Gasteiger partial charge in [-0.1, -0.05) is 30.3 Å². The van der Waals surface area contributed by atoms with E-state index in [1.807, 2.05) is 47.4 Å². The van der Waals surface area contributed by atoms with Crippen LogP contribution in [0, 0.1) is 0 Å². The van der Waals surface area contributed by atoms with Gasteiger partial charge in [-0.2, -0.15) is 0 Å². The van der Waals surface area contributed by atoms with Crippen LogP contribution in [-0.2, 0) is 0 Å². The lowest BCUT2D eigenvalue weighted by molar-refractivity contribution is 0.336. The van der Waals surface area contributed by atoms with Crippen molar-refractivity contribution >= 4 is 27.6 Å². The number of hydrogen-bond acceptors (Lipinski definition) is 3. The molecule has 1 aliphatic rings. The third-order valence-corrected chi connectivity index (χ3v) is 3.86. The van der Waals surface area contributed by atoms with Crippen molar-refractivity contribution in [2.24, 2.45) is 0 Å². The van der Waals surface area contributed by atoms with Crippen LogP contribution in [0.1, 0.15) is 19.3 Å². The molecule has 0 fully saturated rings. The van der Waals surface area contributed by atoms with Crippen LogP contribution < -0.4 is 4.90 Å². The zero-order valence-corrected chi connectivity index (χ0v) is 11.7. The molecule has 2 heterocycles. The Kier molecular flexibility index (Phi) is 1.90. The Morgan fingerprint density at radius 2 is 2.00 bits per heavy atom. The van der Waals surface area contributed by atoms with E-state index in [1.165, 1.54) is 11.8 Å². The van der Waals surface area contributed by atoms with E-state index in [9.17, 15) is 0 Å². The highest BCUT2D eigenvalue weighted by atomic mass is 16.3. The average molecular weight is 282 g/mol. The fourth-order valence-corrected chi connectivity index (χ4v) is 2.75. The van der Waals surface area contributed by atoms with Crippen molar-refractivity contribution in [1.82, 2.24) is 4.90 Å². The highest BCUT2D eigenvalue weighted by Gasteiger charge is 2.20. The molecule has 1 unspecified atom stereocenters. The van der Waals surface area contributed by atoms with Crippen molar-refractivity contribution < 1.29 is 9.90 Å². The molecule has 3 nitrogen and oxygen atoms in total. The Hall–Kier alpha value is -2.42. The van der Waals surface area contributed by atoms with Gasteiger partial charge in [0.15, 0.2) is 5.58 Å². The summed E-state index contributed by atoms with van der Waals surface area (Å²) in [4.78, 5) is 3.42. The van der Waals surface area contributed by atoms with Crippen LogP contribution in [0.4, 0.5) is 5.69 Å². The van der Waals surface area contributed by atoms with Crippen LogP contribution >= 0.6 is 0 Å². The number of rotatable bonds is 2. The average Bonchev–Trinajstić information content (AvgIpc) is 3.18. The summed E-state index contributed by atoms with van der Waals surface area (Å²) < 4.78 is 37.1. The third-order valence-electron chi connectivity index (χ3n) is 3.86. The van der Waals surface area contributed by atoms with Crippen LogP contribution in [0.3, 0.4) is 0 Å². The number of hydrogen-bond donors (Lipinski definition) is 0. The van der Waals surface area contributed by atoms with Gasteiger partial charge in [0.2, 0.25) is 0 Å². The lowest BCUT2D eigenvalue weighted by atomic mass is 10.1. The molecule has 0 spiro atoms. The number of furan rings is 1. The summed E-state index contributed by atoms with van der Waals surface area (Å²) >= 11 is 0. The molecule has 3 aromatic rings. The molecule has 0 amide bonds. The van der Waals surface area contributed by atoms with Gasteiger partial charge in [-0.3, -0.25) is 0 Å². The number of fused-ring (bicyclic) bond motifs is 3. The normalized spacial score (nSPS) is 21.2. The Balaban J connectivity index is 1.74. The molecular weight excluding hydrogens is 260 g/mol. The van der Waals surface area contributed by atoms with Crippen LogP contribution in [0.15, 0.2) is 59.3 Å². The van der Waals surface area contributed by atoms with Crippen molar-refractivity contribution in [3.05, 3.63) is 54.9 Å². The van der Waals surface area contributed by atoms with Gasteiger partial charge in [-0.05, 0) is 25.9 Å². The van der Waals surface area contributed by atoms with E-state index >= 15 is 0 Å². The smallest absolute Gasteiger partial charge is 0.159 e. The maximum absolute atomic E-state index is 8.24. The predicted molar refractivity (Wildman–Crippen MR) is 87.2 cm³/mol. The van der Waals surface area contributed by atoms with E-state index in [0.717, 1.165) is 27.6 Å². The van der Waals surface area contributed by atoms with Crippen LogP contribution in [-0.4, -0.2) is 17.6 Å². The molecule has 4 rings (SSSR count). The van der Waals surface area contributed by atoms with Crippen molar-refractivity contribution in [2.45, 2.75) is 19.8 Å². The molecule has 21 heavy (non-hydrogen) atoms. The number of nitrogens with zero attached hydrogens (tertiary/aromatic N) is 2. The van der Waals surface area contributed by atoms with Gasteiger partial charge in [0.25, 0.3) is 0 Å². The minimum Gasteiger partial charge on any atom is -0.454 e. The molecule has 1 atom stereocenters. The molecule has 0 N–H and O–H groups in total. The Bertz CT molecular complexity index is 974. The van der Waals surface area contributed by atoms with E-state index < -0.39 is 12.9 Å². The highest BCUT2D eigenvalue weighted by Crippen LogP contribution is 2.36. The van der Waals surface area contributed by atoms with Gasteiger partial charge in [0, 0.05) is 33.3 Å². The molecule has 1 aromatic heterocycles. The predicted octanol–water partition coefficient (Wildman–Crippen LogP) is 4.55. The lowest BCUT2D eigenvalue weighted by Gasteiger charge is -2.24. The topological polar surface area (TPSA) is 19.6 Å². The maximum Gasteiger partial charge on any atom is 0.159 e. The first-order chi connectivity index (χ1) is 11.8. The Morgan fingerprint density at radius 3 is 2.90 bits per heavy atom. The summed E-state index contributed by atoms with van der Waals surface area (Å²) in [5.74, 6) is 0. The zero-order valence-electron chi connectivity index (χ0n) is 15.7. The monoisotopic (exact) mass is 282 g/mol. The third kappa shape index (κ3) is 1.88. The first kappa shape index (κ1) is 8.78. The fourth-order valence-electron chi connectivity index (χ4n) is 2.75. The lowest BCUT2D eigenvalue weighted by Crippen LogP contribution is -2.30. The summed E-state index contributed by atoms with van der Waals surface area (Å²) in [6.07, 6.45) is 3.45. The molecule has 0 saturated carbocycles. The number of para-hydroxylation sites is 2. The van der Waals surface area contributed by atoms with Gasteiger partial charge in [0.05, 0.1) is 13.7 Å². The first-order valence-corrected chi connectivity index (χ1v) is 6.91. The SMILES string of the molecule is [2H]C([2H])([2H])C([2H])(C)N1C=CN(c2cccc3c2oc2ccccc23)C1. The molecule has 1 aliphatic heterocycles. The summed E-state index contributed by atoms with van der Waals surface area (Å²) in [7, 11) is 0. The van der Waals surface area contributed by atoms with Crippen LogP contribution in [0.2, 0.25) is 0 Å². The largest absolute Gasteiger partial charge is 0.454 e. The van der Waals surface area contributed by atoms with Gasteiger partial charge < -0.3 is 14.2 Å². The molecule has 2 aromatic carbocycles. The molecule has 0 saturated heterocycles. The highest BCUT2D eigenvalue weighted by molar-refractivity contribution is 6.09. The second-order valence-electron chi connectivity index (χ2n) is 5.22. The molecule has 0 aliphatic carbocycles. The van der Waals surface area contributed by atoms with Crippen molar-refractivity contribution in [3.63, 3.8) is 0 Å². The molecule has 0 radical (unpaired) electrons. The minimum absolute atomic E-state index is 0.286.